The molecule has 1 aliphatic rings. The lowest BCUT2D eigenvalue weighted by Crippen LogP contribution is -2.52. The molecule has 1 aliphatic heterocycles. The highest BCUT2D eigenvalue weighted by Gasteiger charge is 2.25. The second kappa shape index (κ2) is 10.2. The van der Waals surface area contributed by atoms with E-state index in [9.17, 15) is 9.59 Å². The van der Waals surface area contributed by atoms with Gasteiger partial charge in [-0.2, -0.15) is 4.98 Å². The van der Waals surface area contributed by atoms with E-state index in [0.29, 0.717) is 24.2 Å². The number of nitrogens with one attached hydrogen (secondary N) is 1. The van der Waals surface area contributed by atoms with Crippen LogP contribution in [0, 0.1) is 0 Å². The first-order valence-corrected chi connectivity index (χ1v) is 11.8. The Morgan fingerprint density at radius 1 is 1.24 bits per heavy atom. The Labute approximate surface area is 199 Å². The van der Waals surface area contributed by atoms with Gasteiger partial charge in [-0.15, -0.1) is 0 Å². The molecule has 178 valence electrons. The molecule has 0 bridgehead atoms. The number of amides is 1. The number of carbonyl (C=O) groups excluding carboxylic acids is 1. The van der Waals surface area contributed by atoms with Crippen molar-refractivity contribution >= 4 is 22.9 Å². The maximum atomic E-state index is 12.1. The predicted octanol–water partition coefficient (Wildman–Crippen LogP) is 3.20. The second-order valence-corrected chi connectivity index (χ2v) is 8.80. The molecule has 1 fully saturated rings. The molecule has 0 saturated carbocycles. The number of nitrogens with zero attached hydrogens (tertiary/aromatic N) is 5. The molecule has 8 heteroatoms. The summed E-state index contributed by atoms with van der Waals surface area (Å²) < 4.78 is 1.65. The molecular formula is C26H32N6O2. The number of hydrogen-bond donors (Lipinski definition) is 1. The van der Waals surface area contributed by atoms with Crippen LogP contribution in [0.4, 0.5) is 5.95 Å². The van der Waals surface area contributed by atoms with Crippen molar-refractivity contribution < 1.29 is 4.79 Å². The highest BCUT2D eigenvalue weighted by Crippen LogP contribution is 2.20. The highest BCUT2D eigenvalue weighted by atomic mass is 16.2. The number of carbonyl (C=O) groups is 1. The van der Waals surface area contributed by atoms with Crippen molar-refractivity contribution in [3.05, 3.63) is 76.7 Å². The second-order valence-electron chi connectivity index (χ2n) is 8.80. The van der Waals surface area contributed by atoms with Crippen LogP contribution in [0.15, 0.2) is 60.0 Å². The maximum absolute atomic E-state index is 12.1. The lowest BCUT2D eigenvalue weighted by atomic mass is 10.0. The van der Waals surface area contributed by atoms with Crippen molar-refractivity contribution in [2.24, 2.45) is 0 Å². The molecule has 0 unspecified atom stereocenters. The third-order valence-electron chi connectivity index (χ3n) is 6.50. The molecule has 1 amide bonds. The van der Waals surface area contributed by atoms with E-state index < -0.39 is 0 Å². The maximum Gasteiger partial charge on any atom is 0.252 e. The fourth-order valence-corrected chi connectivity index (χ4v) is 4.43. The van der Waals surface area contributed by atoms with Crippen LogP contribution in [0.5, 0.6) is 0 Å². The Morgan fingerprint density at radius 3 is 2.68 bits per heavy atom. The first-order chi connectivity index (χ1) is 16.4. The summed E-state index contributed by atoms with van der Waals surface area (Å²) in [5.41, 5.74) is 2.94. The van der Waals surface area contributed by atoms with E-state index >= 15 is 0 Å². The number of benzene rings is 1. The molecule has 0 aliphatic carbocycles. The third kappa shape index (κ3) is 5.02. The summed E-state index contributed by atoms with van der Waals surface area (Å²) in [6.07, 6.45) is 3.14. The minimum absolute atomic E-state index is 0.00407. The fourth-order valence-electron chi connectivity index (χ4n) is 4.43. The summed E-state index contributed by atoms with van der Waals surface area (Å²) >= 11 is 0. The molecule has 0 radical (unpaired) electrons. The molecule has 1 saturated heterocycles. The van der Waals surface area contributed by atoms with Crippen LogP contribution < -0.4 is 10.9 Å². The van der Waals surface area contributed by atoms with E-state index in [4.69, 9.17) is 0 Å². The van der Waals surface area contributed by atoms with Gasteiger partial charge < -0.3 is 10.2 Å². The van der Waals surface area contributed by atoms with Crippen molar-refractivity contribution in [2.45, 2.75) is 45.9 Å². The Morgan fingerprint density at radius 2 is 2.00 bits per heavy atom. The van der Waals surface area contributed by atoms with Gasteiger partial charge in [-0.3, -0.25) is 19.1 Å². The first-order valence-electron chi connectivity index (χ1n) is 11.8. The molecule has 3 aromatic rings. The SMILES string of the molecule is C=CC(=O)N1CCN(Cc2ccc([C@H](C)Nc3ncc4ccc(=O)n(CC)c4n3)cc2)[C@H](C)C1. The van der Waals surface area contributed by atoms with Crippen molar-refractivity contribution in [3.8, 4) is 0 Å². The lowest BCUT2D eigenvalue weighted by molar-refractivity contribution is -0.128. The number of fused-ring (bicyclic) bond motifs is 1. The van der Waals surface area contributed by atoms with Gasteiger partial charge in [0.25, 0.3) is 5.56 Å². The molecule has 2 atom stereocenters. The average Bonchev–Trinajstić information content (AvgIpc) is 2.85. The summed E-state index contributed by atoms with van der Waals surface area (Å²) in [4.78, 5) is 37.3. The number of piperazine rings is 1. The average molecular weight is 461 g/mol. The van der Waals surface area contributed by atoms with Crippen LogP contribution in [-0.4, -0.2) is 55.9 Å². The normalized spacial score (nSPS) is 17.5. The smallest absolute Gasteiger partial charge is 0.252 e. The van der Waals surface area contributed by atoms with Crippen LogP contribution in [0.2, 0.25) is 0 Å². The van der Waals surface area contributed by atoms with Gasteiger partial charge in [-0.05, 0) is 44.0 Å². The quantitative estimate of drug-likeness (QED) is 0.545. The molecule has 8 nitrogen and oxygen atoms in total. The van der Waals surface area contributed by atoms with Gasteiger partial charge in [-0.1, -0.05) is 30.8 Å². The summed E-state index contributed by atoms with van der Waals surface area (Å²) in [6.45, 7) is 13.5. The number of hydrogen-bond acceptors (Lipinski definition) is 6. The zero-order valence-corrected chi connectivity index (χ0v) is 20.1. The van der Waals surface area contributed by atoms with E-state index in [2.05, 4.69) is 64.9 Å². The summed E-state index contributed by atoms with van der Waals surface area (Å²) in [7, 11) is 0. The van der Waals surface area contributed by atoms with Crippen molar-refractivity contribution in [2.75, 3.05) is 25.0 Å². The van der Waals surface area contributed by atoms with E-state index in [1.807, 2.05) is 11.8 Å². The molecular weight excluding hydrogens is 428 g/mol. The number of rotatable bonds is 7. The van der Waals surface area contributed by atoms with Gasteiger partial charge >= 0.3 is 0 Å². The highest BCUT2D eigenvalue weighted by molar-refractivity contribution is 5.87. The molecule has 2 aromatic heterocycles. The van der Waals surface area contributed by atoms with Gasteiger partial charge in [0.2, 0.25) is 11.9 Å². The van der Waals surface area contributed by atoms with Crippen LogP contribution in [0.1, 0.15) is 37.9 Å². The fraction of sp³-hybridized carbons (Fsp3) is 0.385. The van der Waals surface area contributed by atoms with Gasteiger partial charge in [-0.25, -0.2) is 4.98 Å². The summed E-state index contributed by atoms with van der Waals surface area (Å²) in [5.74, 6) is 0.503. The molecule has 4 rings (SSSR count). The van der Waals surface area contributed by atoms with Gasteiger partial charge in [0.05, 0.1) is 6.04 Å². The predicted molar refractivity (Wildman–Crippen MR) is 135 cm³/mol. The molecule has 34 heavy (non-hydrogen) atoms. The summed E-state index contributed by atoms with van der Waals surface area (Å²) in [6, 6.07) is 12.2. The number of aryl methyl sites for hydroxylation is 1. The topological polar surface area (TPSA) is 83.4 Å². The van der Waals surface area contributed by atoms with Gasteiger partial charge in [0.15, 0.2) is 0 Å². The summed E-state index contributed by atoms with van der Waals surface area (Å²) in [5, 5.41) is 4.20. The van der Waals surface area contributed by atoms with E-state index in [-0.39, 0.29) is 17.5 Å². The lowest BCUT2D eigenvalue weighted by Gasteiger charge is -2.39. The standard InChI is InChI=1S/C26H32N6O2/c1-5-23(33)31-14-13-30(18(3)16-31)17-20-7-9-21(10-8-20)19(4)28-26-27-15-22-11-12-24(34)32(6-2)25(22)29-26/h5,7-12,15,18-19H,1,6,13-14,16-17H2,2-4H3,(H,27,28,29)/t18-,19+/m1/s1. The van der Waals surface area contributed by atoms with Crippen LogP contribution in [0.3, 0.4) is 0 Å². The van der Waals surface area contributed by atoms with E-state index in [1.54, 1.807) is 22.9 Å². The van der Waals surface area contributed by atoms with Crippen LogP contribution >= 0.6 is 0 Å². The molecule has 0 spiro atoms. The Hall–Kier alpha value is -3.52. The number of pyridine rings is 1. The zero-order valence-electron chi connectivity index (χ0n) is 20.1. The number of aromatic nitrogens is 3. The van der Waals surface area contributed by atoms with Crippen LogP contribution in [-0.2, 0) is 17.9 Å². The van der Waals surface area contributed by atoms with E-state index in [1.165, 1.54) is 11.6 Å². The Balaban J connectivity index is 1.41. The van der Waals surface area contributed by atoms with Crippen molar-refractivity contribution in [1.82, 2.24) is 24.3 Å². The Kier molecular flexibility index (Phi) is 7.07. The first kappa shape index (κ1) is 23.6. The minimum Gasteiger partial charge on any atom is -0.348 e. The largest absolute Gasteiger partial charge is 0.348 e. The van der Waals surface area contributed by atoms with Crippen LogP contribution in [0.25, 0.3) is 11.0 Å². The van der Waals surface area contributed by atoms with Crippen molar-refractivity contribution in [1.29, 1.82) is 0 Å². The minimum atomic E-state index is -0.0636. The Bertz CT molecular complexity index is 1240. The van der Waals surface area contributed by atoms with E-state index in [0.717, 1.165) is 37.1 Å². The number of anilines is 1. The molecule has 1 aromatic carbocycles. The molecule has 3 heterocycles. The van der Waals surface area contributed by atoms with Gasteiger partial charge in [0, 0.05) is 56.4 Å². The zero-order chi connectivity index (χ0) is 24.2. The van der Waals surface area contributed by atoms with Gasteiger partial charge in [0.1, 0.15) is 5.65 Å². The molecule has 1 N–H and O–H groups in total. The van der Waals surface area contributed by atoms with Crippen molar-refractivity contribution in [3.63, 3.8) is 0 Å². The third-order valence-corrected chi connectivity index (χ3v) is 6.50. The monoisotopic (exact) mass is 460 g/mol.